The molecule has 2 N–H and O–H groups in total. The smallest absolute Gasteiger partial charge is 0.238 e. The lowest BCUT2D eigenvalue weighted by Crippen LogP contribution is -2.42. The molecule has 0 aliphatic carbocycles. The van der Waals surface area contributed by atoms with Crippen molar-refractivity contribution in [3.63, 3.8) is 0 Å². The molecule has 0 aromatic carbocycles. The number of nitrogens with zero attached hydrogens (tertiary/aromatic N) is 3. The maximum Gasteiger partial charge on any atom is 0.238 e. The number of hydrogen-bond acceptors (Lipinski definition) is 4. The van der Waals surface area contributed by atoms with E-state index in [9.17, 15) is 9.59 Å². The second kappa shape index (κ2) is 7.22. The van der Waals surface area contributed by atoms with Gasteiger partial charge in [0.15, 0.2) is 0 Å². The number of nitrogens with one attached hydrogen (secondary N) is 2. The molecular weight excluding hydrogens is 282 g/mol. The van der Waals surface area contributed by atoms with Gasteiger partial charge < -0.3 is 10.6 Å². The van der Waals surface area contributed by atoms with Crippen LogP contribution >= 0.6 is 0 Å². The third-order valence-corrected chi connectivity index (χ3v) is 3.59. The number of amides is 2. The Hall–Kier alpha value is -2.15. The fourth-order valence-corrected chi connectivity index (χ4v) is 2.57. The molecule has 120 valence electrons. The van der Waals surface area contributed by atoms with Crippen molar-refractivity contribution < 1.29 is 9.59 Å². The standard InChI is InChI=1S/C15H23N5O2/c1-11(17-12(2)21)13-5-4-6-20(8-13)10-15(22)18-14-7-16-19(3)9-14/h5,7,9,11H,4,6,8,10H2,1-3H3,(H,17,21)(H,18,22). The number of aryl methyl sites for hydroxylation is 1. The van der Waals surface area contributed by atoms with Gasteiger partial charge in [-0.05, 0) is 18.9 Å². The summed E-state index contributed by atoms with van der Waals surface area (Å²) in [5, 5.41) is 9.73. The number of carbonyl (C=O) groups is 2. The van der Waals surface area contributed by atoms with E-state index in [0.29, 0.717) is 18.8 Å². The second-order valence-electron chi connectivity index (χ2n) is 5.65. The van der Waals surface area contributed by atoms with Gasteiger partial charge in [-0.1, -0.05) is 6.08 Å². The van der Waals surface area contributed by atoms with Crippen LogP contribution in [0.3, 0.4) is 0 Å². The molecule has 0 spiro atoms. The van der Waals surface area contributed by atoms with Crippen molar-refractivity contribution >= 4 is 17.5 Å². The predicted octanol–water partition coefficient (Wildman–Crippen LogP) is 0.515. The third-order valence-electron chi connectivity index (χ3n) is 3.59. The second-order valence-corrected chi connectivity index (χ2v) is 5.65. The first-order chi connectivity index (χ1) is 10.4. The van der Waals surface area contributed by atoms with Crippen molar-refractivity contribution in [2.45, 2.75) is 26.3 Å². The van der Waals surface area contributed by atoms with E-state index in [1.807, 2.05) is 6.92 Å². The van der Waals surface area contributed by atoms with E-state index >= 15 is 0 Å². The Labute approximate surface area is 130 Å². The molecule has 1 unspecified atom stereocenters. The molecule has 0 saturated heterocycles. The highest BCUT2D eigenvalue weighted by molar-refractivity contribution is 5.92. The zero-order valence-corrected chi connectivity index (χ0v) is 13.3. The molecule has 0 fully saturated rings. The number of anilines is 1. The number of carbonyl (C=O) groups excluding carboxylic acids is 2. The normalized spacial score (nSPS) is 16.8. The van der Waals surface area contributed by atoms with Crippen LogP contribution in [0.1, 0.15) is 20.3 Å². The van der Waals surface area contributed by atoms with Gasteiger partial charge in [-0.3, -0.25) is 19.2 Å². The molecule has 2 rings (SSSR count). The molecule has 1 aromatic rings. The zero-order chi connectivity index (χ0) is 16.1. The van der Waals surface area contributed by atoms with Crippen LogP contribution in [-0.4, -0.2) is 52.2 Å². The summed E-state index contributed by atoms with van der Waals surface area (Å²) in [6.07, 6.45) is 6.42. The van der Waals surface area contributed by atoms with Crippen LogP contribution in [0, 0.1) is 0 Å². The third kappa shape index (κ3) is 4.70. The van der Waals surface area contributed by atoms with E-state index in [2.05, 4.69) is 26.7 Å². The van der Waals surface area contributed by atoms with E-state index in [4.69, 9.17) is 0 Å². The van der Waals surface area contributed by atoms with Crippen molar-refractivity contribution in [1.29, 1.82) is 0 Å². The summed E-state index contributed by atoms with van der Waals surface area (Å²) in [6.45, 7) is 5.35. The minimum Gasteiger partial charge on any atom is -0.350 e. The van der Waals surface area contributed by atoms with E-state index < -0.39 is 0 Å². The average Bonchev–Trinajstić information content (AvgIpc) is 2.83. The van der Waals surface area contributed by atoms with Gasteiger partial charge in [0.05, 0.1) is 18.4 Å². The Kier molecular flexibility index (Phi) is 5.32. The molecule has 22 heavy (non-hydrogen) atoms. The Bertz CT molecular complexity index is 578. The molecule has 7 heteroatoms. The van der Waals surface area contributed by atoms with Gasteiger partial charge in [0.2, 0.25) is 11.8 Å². The van der Waals surface area contributed by atoms with E-state index in [-0.39, 0.29) is 17.9 Å². The Balaban J connectivity index is 1.84. The van der Waals surface area contributed by atoms with Gasteiger partial charge in [-0.15, -0.1) is 0 Å². The Morgan fingerprint density at radius 1 is 1.45 bits per heavy atom. The van der Waals surface area contributed by atoms with Crippen LogP contribution in [0.5, 0.6) is 0 Å². The monoisotopic (exact) mass is 305 g/mol. The lowest BCUT2D eigenvalue weighted by atomic mass is 10.0. The minimum atomic E-state index is -0.0542. The van der Waals surface area contributed by atoms with Crippen molar-refractivity contribution in [2.75, 3.05) is 25.0 Å². The summed E-state index contributed by atoms with van der Waals surface area (Å²) < 4.78 is 1.65. The number of rotatable bonds is 5. The van der Waals surface area contributed by atoms with Crippen LogP contribution in [0.4, 0.5) is 5.69 Å². The summed E-state index contributed by atoms with van der Waals surface area (Å²) in [6, 6.07) is 0.00156. The molecule has 0 radical (unpaired) electrons. The van der Waals surface area contributed by atoms with Crippen molar-refractivity contribution in [1.82, 2.24) is 20.0 Å². The van der Waals surface area contributed by atoms with Gasteiger partial charge in [0.25, 0.3) is 0 Å². The number of aromatic nitrogens is 2. The number of hydrogen-bond donors (Lipinski definition) is 2. The molecule has 7 nitrogen and oxygen atoms in total. The molecule has 0 bridgehead atoms. The van der Waals surface area contributed by atoms with E-state index in [1.165, 1.54) is 6.92 Å². The predicted molar refractivity (Wildman–Crippen MR) is 84.3 cm³/mol. The van der Waals surface area contributed by atoms with Gasteiger partial charge in [0.1, 0.15) is 0 Å². The van der Waals surface area contributed by atoms with Crippen molar-refractivity contribution in [3.8, 4) is 0 Å². The fourth-order valence-electron chi connectivity index (χ4n) is 2.57. The van der Waals surface area contributed by atoms with E-state index in [1.54, 1.807) is 24.1 Å². The molecule has 1 aliphatic heterocycles. The minimum absolute atomic E-state index is 0.00156. The summed E-state index contributed by atoms with van der Waals surface area (Å²) in [7, 11) is 1.81. The van der Waals surface area contributed by atoms with Gasteiger partial charge in [-0.25, -0.2) is 0 Å². The van der Waals surface area contributed by atoms with E-state index in [0.717, 1.165) is 18.5 Å². The molecular formula is C15H23N5O2. The average molecular weight is 305 g/mol. The molecule has 1 aromatic heterocycles. The summed E-state index contributed by atoms with van der Waals surface area (Å²) in [5.74, 6) is -0.0960. The van der Waals surface area contributed by atoms with Crippen LogP contribution in [0.2, 0.25) is 0 Å². The fraction of sp³-hybridized carbons (Fsp3) is 0.533. The van der Waals surface area contributed by atoms with Crippen LogP contribution in [0.15, 0.2) is 24.0 Å². The topological polar surface area (TPSA) is 79.3 Å². The van der Waals surface area contributed by atoms with Gasteiger partial charge in [0, 0.05) is 39.3 Å². The van der Waals surface area contributed by atoms with Crippen LogP contribution < -0.4 is 10.6 Å². The lowest BCUT2D eigenvalue weighted by molar-refractivity contribution is -0.119. The summed E-state index contributed by atoms with van der Waals surface area (Å²) >= 11 is 0. The molecule has 0 saturated carbocycles. The Morgan fingerprint density at radius 3 is 2.86 bits per heavy atom. The maximum absolute atomic E-state index is 12.1. The molecule has 1 aliphatic rings. The largest absolute Gasteiger partial charge is 0.350 e. The Morgan fingerprint density at radius 2 is 2.23 bits per heavy atom. The lowest BCUT2D eigenvalue weighted by Gasteiger charge is -2.29. The van der Waals surface area contributed by atoms with Crippen LogP contribution in [0.25, 0.3) is 0 Å². The first-order valence-corrected chi connectivity index (χ1v) is 7.41. The molecule has 1 atom stereocenters. The first kappa shape index (κ1) is 16.2. The highest BCUT2D eigenvalue weighted by atomic mass is 16.2. The highest BCUT2D eigenvalue weighted by Crippen LogP contribution is 2.13. The maximum atomic E-state index is 12.1. The summed E-state index contributed by atoms with van der Waals surface area (Å²) in [4.78, 5) is 25.3. The zero-order valence-electron chi connectivity index (χ0n) is 13.3. The highest BCUT2D eigenvalue weighted by Gasteiger charge is 2.19. The van der Waals surface area contributed by atoms with Gasteiger partial charge >= 0.3 is 0 Å². The quantitative estimate of drug-likeness (QED) is 0.777. The molecule has 2 heterocycles. The first-order valence-electron chi connectivity index (χ1n) is 7.41. The SMILES string of the molecule is CC(=O)NC(C)C1=CCCN(CC(=O)Nc2cnn(C)c2)C1. The van der Waals surface area contributed by atoms with Crippen LogP contribution in [-0.2, 0) is 16.6 Å². The summed E-state index contributed by atoms with van der Waals surface area (Å²) in [5.41, 5.74) is 1.85. The van der Waals surface area contributed by atoms with Crippen molar-refractivity contribution in [2.24, 2.45) is 7.05 Å². The molecule has 2 amide bonds. The van der Waals surface area contributed by atoms with Gasteiger partial charge in [-0.2, -0.15) is 5.10 Å². The van der Waals surface area contributed by atoms with Crippen molar-refractivity contribution in [3.05, 3.63) is 24.0 Å².